The first-order chi connectivity index (χ1) is 10.8. The van der Waals surface area contributed by atoms with Crippen LogP contribution in [0.15, 0.2) is 37.1 Å². The van der Waals surface area contributed by atoms with Gasteiger partial charge in [0.2, 0.25) is 0 Å². The van der Waals surface area contributed by atoms with Crippen molar-refractivity contribution in [2.24, 2.45) is 5.92 Å². The van der Waals surface area contributed by atoms with Gasteiger partial charge in [-0.2, -0.15) is 0 Å². The van der Waals surface area contributed by atoms with Crippen molar-refractivity contribution in [1.82, 2.24) is 19.4 Å². The number of likely N-dealkylation sites (tertiary alicyclic amines) is 1. The molecule has 2 aromatic rings. The van der Waals surface area contributed by atoms with Crippen molar-refractivity contribution in [2.45, 2.75) is 19.4 Å². The molecule has 3 heterocycles. The zero-order valence-corrected chi connectivity index (χ0v) is 12.8. The van der Waals surface area contributed by atoms with Crippen LogP contribution >= 0.6 is 0 Å². The number of hydrogen-bond acceptors (Lipinski definition) is 4. The Kier molecular flexibility index (Phi) is 4.37. The lowest BCUT2D eigenvalue weighted by atomic mass is 9.97. The Morgan fingerprint density at radius 1 is 1.45 bits per heavy atom. The van der Waals surface area contributed by atoms with Gasteiger partial charge in [-0.1, -0.05) is 0 Å². The maximum absolute atomic E-state index is 12.6. The van der Waals surface area contributed by atoms with Gasteiger partial charge >= 0.3 is 0 Å². The van der Waals surface area contributed by atoms with Gasteiger partial charge in [-0.25, -0.2) is 9.97 Å². The van der Waals surface area contributed by atoms with E-state index in [-0.39, 0.29) is 5.91 Å². The molecule has 3 rings (SSSR count). The second-order valence-corrected chi connectivity index (χ2v) is 5.70. The molecule has 1 aliphatic heterocycles. The van der Waals surface area contributed by atoms with Crippen LogP contribution in [0.4, 0.5) is 5.82 Å². The highest BCUT2D eigenvalue weighted by molar-refractivity contribution is 5.94. The number of piperidine rings is 1. The fourth-order valence-corrected chi connectivity index (χ4v) is 2.94. The predicted octanol–water partition coefficient (Wildman–Crippen LogP) is 1.87. The van der Waals surface area contributed by atoms with E-state index in [1.165, 1.54) is 0 Å². The molecular weight excluding hydrogens is 278 g/mol. The summed E-state index contributed by atoms with van der Waals surface area (Å²) in [6.07, 6.45) is 9.45. The molecule has 116 valence electrons. The van der Waals surface area contributed by atoms with E-state index in [0.29, 0.717) is 11.5 Å². The van der Waals surface area contributed by atoms with Crippen molar-refractivity contribution < 1.29 is 4.79 Å². The van der Waals surface area contributed by atoms with Gasteiger partial charge in [-0.3, -0.25) is 4.79 Å². The summed E-state index contributed by atoms with van der Waals surface area (Å²) in [5.74, 6) is 1.33. The SMILES string of the molecule is CNc1ccc(C(=O)N2CCC[C@H](Cn3ccnc3)C2)cn1. The smallest absolute Gasteiger partial charge is 0.255 e. The number of aromatic nitrogens is 3. The van der Waals surface area contributed by atoms with Crippen molar-refractivity contribution in [2.75, 3.05) is 25.5 Å². The lowest BCUT2D eigenvalue weighted by Gasteiger charge is -2.33. The van der Waals surface area contributed by atoms with Crippen molar-refractivity contribution in [3.05, 3.63) is 42.6 Å². The molecule has 0 aliphatic carbocycles. The minimum absolute atomic E-state index is 0.0745. The molecule has 1 aliphatic rings. The predicted molar refractivity (Wildman–Crippen MR) is 84.6 cm³/mol. The highest BCUT2D eigenvalue weighted by Gasteiger charge is 2.24. The van der Waals surface area contributed by atoms with Gasteiger partial charge in [0.25, 0.3) is 5.91 Å². The van der Waals surface area contributed by atoms with Crippen LogP contribution in [0.5, 0.6) is 0 Å². The standard InChI is InChI=1S/C16H21N5O/c1-17-15-5-4-14(9-19-15)16(22)21-7-2-3-13(11-21)10-20-8-6-18-12-20/h4-6,8-9,12-13H,2-3,7,10-11H2,1H3,(H,17,19)/t13-/m1/s1. The molecule has 22 heavy (non-hydrogen) atoms. The number of imidazole rings is 1. The van der Waals surface area contributed by atoms with Crippen LogP contribution in [-0.4, -0.2) is 45.5 Å². The molecule has 0 unspecified atom stereocenters. The topological polar surface area (TPSA) is 63.1 Å². The van der Waals surface area contributed by atoms with E-state index in [4.69, 9.17) is 0 Å². The number of anilines is 1. The van der Waals surface area contributed by atoms with E-state index in [2.05, 4.69) is 19.9 Å². The molecule has 0 radical (unpaired) electrons. The minimum Gasteiger partial charge on any atom is -0.373 e. The highest BCUT2D eigenvalue weighted by Crippen LogP contribution is 2.20. The van der Waals surface area contributed by atoms with Gasteiger partial charge in [0.05, 0.1) is 11.9 Å². The Morgan fingerprint density at radius 2 is 2.36 bits per heavy atom. The zero-order chi connectivity index (χ0) is 15.4. The van der Waals surface area contributed by atoms with Crippen molar-refractivity contribution in [3.63, 3.8) is 0 Å². The summed E-state index contributed by atoms with van der Waals surface area (Å²) in [7, 11) is 1.81. The van der Waals surface area contributed by atoms with E-state index >= 15 is 0 Å². The van der Waals surface area contributed by atoms with E-state index in [9.17, 15) is 4.79 Å². The van der Waals surface area contributed by atoms with Crippen molar-refractivity contribution in [1.29, 1.82) is 0 Å². The van der Waals surface area contributed by atoms with Gasteiger partial charge < -0.3 is 14.8 Å². The monoisotopic (exact) mass is 299 g/mol. The maximum Gasteiger partial charge on any atom is 0.255 e. The second kappa shape index (κ2) is 6.60. The van der Waals surface area contributed by atoms with Gasteiger partial charge in [-0.05, 0) is 30.9 Å². The summed E-state index contributed by atoms with van der Waals surface area (Å²) in [4.78, 5) is 22.8. The van der Waals surface area contributed by atoms with Crippen LogP contribution < -0.4 is 5.32 Å². The molecule has 6 nitrogen and oxygen atoms in total. The highest BCUT2D eigenvalue weighted by atomic mass is 16.2. The molecule has 0 bridgehead atoms. The van der Waals surface area contributed by atoms with Crippen LogP contribution in [0.1, 0.15) is 23.2 Å². The number of pyridine rings is 1. The normalized spacial score (nSPS) is 18.2. The third-order valence-electron chi connectivity index (χ3n) is 4.10. The van der Waals surface area contributed by atoms with Crippen molar-refractivity contribution >= 4 is 11.7 Å². The lowest BCUT2D eigenvalue weighted by molar-refractivity contribution is 0.0662. The molecule has 0 aromatic carbocycles. The van der Waals surface area contributed by atoms with E-state index in [0.717, 1.165) is 38.3 Å². The zero-order valence-electron chi connectivity index (χ0n) is 12.8. The second-order valence-electron chi connectivity index (χ2n) is 5.70. The molecule has 2 aromatic heterocycles. The summed E-state index contributed by atoms with van der Waals surface area (Å²) in [6.45, 7) is 2.54. The molecule has 6 heteroatoms. The summed E-state index contributed by atoms with van der Waals surface area (Å²) in [5.41, 5.74) is 0.655. The summed E-state index contributed by atoms with van der Waals surface area (Å²) >= 11 is 0. The molecule has 1 N–H and O–H groups in total. The van der Waals surface area contributed by atoms with Crippen LogP contribution in [0, 0.1) is 5.92 Å². The summed E-state index contributed by atoms with van der Waals surface area (Å²) in [6, 6.07) is 3.67. The lowest BCUT2D eigenvalue weighted by Crippen LogP contribution is -2.41. The van der Waals surface area contributed by atoms with Crippen LogP contribution in [0.2, 0.25) is 0 Å². The first-order valence-corrected chi connectivity index (χ1v) is 7.65. The minimum atomic E-state index is 0.0745. The molecule has 1 fully saturated rings. The maximum atomic E-state index is 12.6. The number of nitrogens with one attached hydrogen (secondary N) is 1. The number of nitrogens with zero attached hydrogens (tertiary/aromatic N) is 4. The number of hydrogen-bond donors (Lipinski definition) is 1. The third kappa shape index (κ3) is 3.27. The average molecular weight is 299 g/mol. The molecule has 1 saturated heterocycles. The third-order valence-corrected chi connectivity index (χ3v) is 4.10. The number of carbonyl (C=O) groups excluding carboxylic acids is 1. The fraction of sp³-hybridized carbons (Fsp3) is 0.438. The largest absolute Gasteiger partial charge is 0.373 e. The Hall–Kier alpha value is -2.37. The van der Waals surface area contributed by atoms with Gasteiger partial charge in [0, 0.05) is 45.3 Å². The molecule has 0 spiro atoms. The first-order valence-electron chi connectivity index (χ1n) is 7.65. The van der Waals surface area contributed by atoms with Gasteiger partial charge in [-0.15, -0.1) is 0 Å². The Labute approximate surface area is 130 Å². The quantitative estimate of drug-likeness (QED) is 0.936. The fourth-order valence-electron chi connectivity index (χ4n) is 2.94. The molecular formula is C16H21N5O. The number of carbonyl (C=O) groups is 1. The van der Waals surface area contributed by atoms with Crippen LogP contribution in [0.25, 0.3) is 0 Å². The Balaban J connectivity index is 1.64. The first kappa shape index (κ1) is 14.6. The molecule has 1 amide bonds. The average Bonchev–Trinajstić information content (AvgIpc) is 3.07. The van der Waals surface area contributed by atoms with E-state index in [1.807, 2.05) is 36.6 Å². The van der Waals surface area contributed by atoms with Crippen LogP contribution in [-0.2, 0) is 6.54 Å². The Bertz CT molecular complexity index is 608. The number of rotatable bonds is 4. The number of amides is 1. The van der Waals surface area contributed by atoms with Crippen LogP contribution in [0.3, 0.4) is 0 Å². The molecule has 0 saturated carbocycles. The van der Waals surface area contributed by atoms with Gasteiger partial charge in [0.15, 0.2) is 0 Å². The van der Waals surface area contributed by atoms with Crippen molar-refractivity contribution in [3.8, 4) is 0 Å². The summed E-state index contributed by atoms with van der Waals surface area (Å²) in [5, 5.41) is 2.96. The van der Waals surface area contributed by atoms with E-state index < -0.39 is 0 Å². The van der Waals surface area contributed by atoms with E-state index in [1.54, 1.807) is 12.4 Å². The van der Waals surface area contributed by atoms with Gasteiger partial charge in [0.1, 0.15) is 5.82 Å². The molecule has 1 atom stereocenters. The summed E-state index contributed by atoms with van der Waals surface area (Å²) < 4.78 is 2.09. The Morgan fingerprint density at radius 3 is 3.05 bits per heavy atom.